The van der Waals surface area contributed by atoms with Crippen molar-refractivity contribution in [1.82, 2.24) is 14.8 Å². The second-order valence-electron chi connectivity index (χ2n) is 3.42. The maximum Gasteiger partial charge on any atom is 0.142 e. The van der Waals surface area contributed by atoms with E-state index in [1.165, 1.54) is 6.33 Å². The summed E-state index contributed by atoms with van der Waals surface area (Å²) in [5.74, 6) is 1.91. The van der Waals surface area contributed by atoms with Crippen molar-refractivity contribution in [2.45, 2.75) is 12.4 Å². The van der Waals surface area contributed by atoms with Gasteiger partial charge in [-0.3, -0.25) is 0 Å². The summed E-state index contributed by atoms with van der Waals surface area (Å²) >= 11 is 9.22. The Morgan fingerprint density at radius 2 is 2.29 bits per heavy atom. The zero-order chi connectivity index (χ0) is 12.3. The molecular weight excluding hydrogens is 305 g/mol. The molecule has 17 heavy (non-hydrogen) atoms. The Kier molecular flexibility index (Phi) is 4.02. The number of hydrogen-bond acceptors (Lipinski definition) is 3. The van der Waals surface area contributed by atoms with Gasteiger partial charge in [0.05, 0.1) is 19.5 Å². The number of rotatable bonds is 4. The molecule has 0 atom stereocenters. The summed E-state index contributed by atoms with van der Waals surface area (Å²) in [5.41, 5.74) is 1.03. The lowest BCUT2D eigenvalue weighted by atomic mass is 10.2. The van der Waals surface area contributed by atoms with Crippen molar-refractivity contribution in [3.8, 4) is 5.75 Å². The molecule has 0 aliphatic carbocycles. The van der Waals surface area contributed by atoms with Gasteiger partial charge < -0.3 is 4.74 Å². The molecular formula is C11H11BrClN3O. The molecule has 0 N–H and O–H groups in total. The van der Waals surface area contributed by atoms with E-state index in [1.807, 2.05) is 18.2 Å². The van der Waals surface area contributed by atoms with E-state index in [0.717, 1.165) is 21.6 Å². The van der Waals surface area contributed by atoms with Crippen molar-refractivity contribution >= 4 is 27.5 Å². The molecule has 1 heterocycles. The van der Waals surface area contributed by atoms with E-state index in [2.05, 4.69) is 26.0 Å². The number of methoxy groups -OCH3 is 1. The third-order valence-electron chi connectivity index (χ3n) is 2.38. The molecule has 0 unspecified atom stereocenters. The summed E-state index contributed by atoms with van der Waals surface area (Å²) in [7, 11) is 1.65. The second-order valence-corrected chi connectivity index (χ2v) is 4.61. The standard InChI is InChI=1S/C11H11BrClN3O/c1-17-10-3-2-9(12)4-8(10)6-16-11(5-13)14-7-15-16/h2-4,7H,5-6H2,1H3. The van der Waals surface area contributed by atoms with Crippen LogP contribution in [0.2, 0.25) is 0 Å². The average molecular weight is 317 g/mol. The van der Waals surface area contributed by atoms with Gasteiger partial charge in [0, 0.05) is 10.0 Å². The van der Waals surface area contributed by atoms with Crippen LogP contribution in [-0.2, 0) is 12.4 Å². The quantitative estimate of drug-likeness (QED) is 0.814. The molecule has 6 heteroatoms. The topological polar surface area (TPSA) is 39.9 Å². The van der Waals surface area contributed by atoms with E-state index < -0.39 is 0 Å². The lowest BCUT2D eigenvalue weighted by Crippen LogP contribution is -2.07. The SMILES string of the molecule is COc1ccc(Br)cc1Cn1ncnc1CCl. The van der Waals surface area contributed by atoms with Gasteiger partial charge in [-0.1, -0.05) is 15.9 Å². The number of hydrogen-bond donors (Lipinski definition) is 0. The Labute approximate surface area is 113 Å². The Bertz CT molecular complexity index is 515. The van der Waals surface area contributed by atoms with Crippen LogP contribution in [0.15, 0.2) is 29.0 Å². The van der Waals surface area contributed by atoms with Crippen LogP contribution < -0.4 is 4.74 Å². The number of benzene rings is 1. The molecule has 4 nitrogen and oxygen atoms in total. The molecule has 0 saturated heterocycles. The van der Waals surface area contributed by atoms with Crippen LogP contribution in [0.4, 0.5) is 0 Å². The summed E-state index contributed by atoms with van der Waals surface area (Å²) in [6, 6.07) is 5.85. The van der Waals surface area contributed by atoms with Crippen molar-refractivity contribution in [1.29, 1.82) is 0 Å². The predicted molar refractivity (Wildman–Crippen MR) is 69.4 cm³/mol. The first-order chi connectivity index (χ1) is 8.24. The van der Waals surface area contributed by atoms with Crippen LogP contribution in [0.3, 0.4) is 0 Å². The van der Waals surface area contributed by atoms with Crippen molar-refractivity contribution in [3.63, 3.8) is 0 Å². The third kappa shape index (κ3) is 2.79. The molecule has 2 rings (SSSR count). The highest BCUT2D eigenvalue weighted by atomic mass is 79.9. The average Bonchev–Trinajstić information content (AvgIpc) is 2.77. The molecule has 0 amide bonds. The van der Waals surface area contributed by atoms with Crippen molar-refractivity contribution in [3.05, 3.63) is 40.4 Å². The van der Waals surface area contributed by atoms with Gasteiger partial charge in [-0.05, 0) is 18.2 Å². The summed E-state index contributed by atoms with van der Waals surface area (Å²) in [5, 5.41) is 4.14. The first-order valence-corrected chi connectivity index (χ1v) is 6.32. The highest BCUT2D eigenvalue weighted by molar-refractivity contribution is 9.10. The number of nitrogens with zero attached hydrogens (tertiary/aromatic N) is 3. The molecule has 0 bridgehead atoms. The van der Waals surface area contributed by atoms with Crippen LogP contribution >= 0.6 is 27.5 Å². The van der Waals surface area contributed by atoms with Crippen molar-refractivity contribution in [2.24, 2.45) is 0 Å². The number of alkyl halides is 1. The Morgan fingerprint density at radius 3 is 3.00 bits per heavy atom. The smallest absolute Gasteiger partial charge is 0.142 e. The van der Waals surface area contributed by atoms with Crippen molar-refractivity contribution in [2.75, 3.05) is 7.11 Å². The lowest BCUT2D eigenvalue weighted by Gasteiger charge is -2.10. The fraction of sp³-hybridized carbons (Fsp3) is 0.273. The van der Waals surface area contributed by atoms with E-state index in [1.54, 1.807) is 11.8 Å². The molecule has 0 radical (unpaired) electrons. The zero-order valence-electron chi connectivity index (χ0n) is 9.23. The van der Waals surface area contributed by atoms with Gasteiger partial charge in [0.2, 0.25) is 0 Å². The molecule has 0 spiro atoms. The predicted octanol–water partition coefficient (Wildman–Crippen LogP) is 2.84. The maximum absolute atomic E-state index is 5.78. The van der Waals surface area contributed by atoms with Crippen LogP contribution in [0, 0.1) is 0 Å². The third-order valence-corrected chi connectivity index (χ3v) is 3.11. The van der Waals surface area contributed by atoms with Crippen LogP contribution in [0.1, 0.15) is 11.4 Å². The van der Waals surface area contributed by atoms with Gasteiger partial charge in [0.25, 0.3) is 0 Å². The largest absolute Gasteiger partial charge is 0.496 e. The Balaban J connectivity index is 2.32. The van der Waals surface area contributed by atoms with E-state index in [9.17, 15) is 0 Å². The fourth-order valence-electron chi connectivity index (χ4n) is 1.56. The molecule has 2 aromatic rings. The monoisotopic (exact) mass is 315 g/mol. The molecule has 1 aromatic carbocycles. The summed E-state index contributed by atoms with van der Waals surface area (Å²) in [4.78, 5) is 4.08. The van der Waals surface area contributed by atoms with Crippen LogP contribution in [0.5, 0.6) is 5.75 Å². The summed E-state index contributed by atoms with van der Waals surface area (Å²) in [6.45, 7) is 0.588. The van der Waals surface area contributed by atoms with Gasteiger partial charge in [-0.2, -0.15) is 5.10 Å². The summed E-state index contributed by atoms with van der Waals surface area (Å²) in [6.07, 6.45) is 1.50. The molecule has 0 aliphatic heterocycles. The van der Waals surface area contributed by atoms with E-state index in [-0.39, 0.29) is 0 Å². The first-order valence-electron chi connectivity index (χ1n) is 4.99. The molecule has 0 fully saturated rings. The van der Waals surface area contributed by atoms with Crippen LogP contribution in [0.25, 0.3) is 0 Å². The second kappa shape index (κ2) is 5.51. The number of ether oxygens (including phenoxy) is 1. The Morgan fingerprint density at radius 1 is 1.47 bits per heavy atom. The zero-order valence-corrected chi connectivity index (χ0v) is 11.6. The molecule has 1 aromatic heterocycles. The minimum atomic E-state index is 0.344. The minimum Gasteiger partial charge on any atom is -0.496 e. The van der Waals surface area contributed by atoms with Gasteiger partial charge >= 0.3 is 0 Å². The molecule has 90 valence electrons. The number of aromatic nitrogens is 3. The van der Waals surface area contributed by atoms with Gasteiger partial charge in [0.15, 0.2) is 0 Å². The highest BCUT2D eigenvalue weighted by Gasteiger charge is 2.08. The van der Waals surface area contributed by atoms with E-state index >= 15 is 0 Å². The number of halogens is 2. The summed E-state index contributed by atoms with van der Waals surface area (Å²) < 4.78 is 8.07. The minimum absolute atomic E-state index is 0.344. The van der Waals surface area contributed by atoms with Gasteiger partial charge in [0.1, 0.15) is 17.9 Å². The van der Waals surface area contributed by atoms with Gasteiger partial charge in [-0.15, -0.1) is 11.6 Å². The highest BCUT2D eigenvalue weighted by Crippen LogP contribution is 2.23. The normalized spacial score (nSPS) is 10.5. The van der Waals surface area contributed by atoms with Crippen molar-refractivity contribution < 1.29 is 4.74 Å². The van der Waals surface area contributed by atoms with E-state index in [0.29, 0.717) is 12.4 Å². The fourth-order valence-corrected chi connectivity index (χ4v) is 2.17. The lowest BCUT2D eigenvalue weighted by molar-refractivity contribution is 0.407. The van der Waals surface area contributed by atoms with Gasteiger partial charge in [-0.25, -0.2) is 9.67 Å². The molecule has 0 saturated carbocycles. The molecule has 0 aliphatic rings. The maximum atomic E-state index is 5.78. The van der Waals surface area contributed by atoms with Crippen LogP contribution in [-0.4, -0.2) is 21.9 Å². The Hall–Kier alpha value is -1.07. The van der Waals surface area contributed by atoms with E-state index in [4.69, 9.17) is 16.3 Å². The first kappa shape index (κ1) is 12.4.